The number of aromatic nitrogens is 5. The molecule has 1 atom stereocenters. The molecule has 0 saturated heterocycles. The first kappa shape index (κ1) is 19.3. The summed E-state index contributed by atoms with van der Waals surface area (Å²) in [5.41, 5.74) is 8.43. The standard InChI is InChI=1S/C22H21FN6O3/c1-21(30)14-3-2-10-25-18(14)22(31-21)8-6-13(7-9-22)29-16-5-4-12(23)11-15(16)26-20(29)17-19(24)28-32-27-17/h2-5,10-11,13,30H,6-9H2,1H3,(H2,24,28). The Morgan fingerprint density at radius 3 is 2.78 bits per heavy atom. The summed E-state index contributed by atoms with van der Waals surface area (Å²) in [6, 6.07) is 8.21. The summed E-state index contributed by atoms with van der Waals surface area (Å²) >= 11 is 0. The smallest absolute Gasteiger partial charge is 0.199 e. The van der Waals surface area contributed by atoms with E-state index in [0.29, 0.717) is 35.4 Å². The molecule has 1 aliphatic carbocycles. The van der Waals surface area contributed by atoms with E-state index in [1.807, 2.05) is 10.6 Å². The largest absolute Gasteiger partial charge is 0.379 e. The Morgan fingerprint density at radius 2 is 2.03 bits per heavy atom. The van der Waals surface area contributed by atoms with Crippen molar-refractivity contribution in [2.45, 2.75) is 50.0 Å². The lowest BCUT2D eigenvalue weighted by Gasteiger charge is -2.38. The Balaban J connectivity index is 1.40. The molecule has 3 aromatic heterocycles. The number of aliphatic hydroxyl groups is 1. The molecular weight excluding hydrogens is 415 g/mol. The van der Waals surface area contributed by atoms with E-state index in [-0.39, 0.29) is 17.7 Å². The van der Waals surface area contributed by atoms with E-state index in [4.69, 9.17) is 15.1 Å². The second-order valence-corrected chi connectivity index (χ2v) is 8.65. The van der Waals surface area contributed by atoms with Crippen LogP contribution < -0.4 is 5.73 Å². The minimum Gasteiger partial charge on any atom is -0.379 e. The van der Waals surface area contributed by atoms with Crippen molar-refractivity contribution in [1.82, 2.24) is 24.8 Å². The van der Waals surface area contributed by atoms with Crippen LogP contribution in [0.2, 0.25) is 0 Å². The van der Waals surface area contributed by atoms with Crippen LogP contribution >= 0.6 is 0 Å². The summed E-state index contributed by atoms with van der Waals surface area (Å²) in [7, 11) is 0. The number of rotatable bonds is 2. The van der Waals surface area contributed by atoms with Gasteiger partial charge in [0, 0.05) is 23.9 Å². The lowest BCUT2D eigenvalue weighted by Crippen LogP contribution is -2.35. The topological polar surface area (TPSA) is 125 Å². The minimum atomic E-state index is -1.37. The summed E-state index contributed by atoms with van der Waals surface area (Å²) in [6.45, 7) is 1.66. The fourth-order valence-corrected chi connectivity index (χ4v) is 5.25. The first-order chi connectivity index (χ1) is 15.4. The first-order valence-electron chi connectivity index (χ1n) is 10.5. The van der Waals surface area contributed by atoms with Gasteiger partial charge in [0.15, 0.2) is 23.1 Å². The van der Waals surface area contributed by atoms with Crippen molar-refractivity contribution >= 4 is 16.9 Å². The van der Waals surface area contributed by atoms with Crippen LogP contribution in [0.15, 0.2) is 41.2 Å². The Morgan fingerprint density at radius 1 is 1.22 bits per heavy atom. The molecule has 1 saturated carbocycles. The van der Waals surface area contributed by atoms with E-state index >= 15 is 0 Å². The summed E-state index contributed by atoms with van der Waals surface area (Å²) in [6.07, 6.45) is 4.50. The zero-order valence-electron chi connectivity index (χ0n) is 17.3. The highest BCUT2D eigenvalue weighted by atomic mass is 19.1. The van der Waals surface area contributed by atoms with Crippen LogP contribution in [0.3, 0.4) is 0 Å². The number of nitrogens with zero attached hydrogens (tertiary/aromatic N) is 5. The summed E-state index contributed by atoms with van der Waals surface area (Å²) < 4.78 is 26.9. The number of pyridine rings is 1. The number of hydrogen-bond donors (Lipinski definition) is 2. The molecule has 0 radical (unpaired) electrons. The van der Waals surface area contributed by atoms with Gasteiger partial charge in [-0.2, -0.15) is 0 Å². The first-order valence-corrected chi connectivity index (χ1v) is 10.5. The molecule has 1 aromatic carbocycles. The number of benzene rings is 1. The van der Waals surface area contributed by atoms with Gasteiger partial charge in [-0.3, -0.25) is 4.98 Å². The van der Waals surface area contributed by atoms with E-state index in [1.54, 1.807) is 25.3 Å². The van der Waals surface area contributed by atoms with Gasteiger partial charge in [-0.25, -0.2) is 14.0 Å². The van der Waals surface area contributed by atoms with Crippen molar-refractivity contribution in [2.75, 3.05) is 5.73 Å². The number of ether oxygens (including phenoxy) is 1. The number of nitrogens with two attached hydrogens (primary N) is 1. The Kier molecular flexibility index (Phi) is 3.96. The molecule has 1 aliphatic heterocycles. The van der Waals surface area contributed by atoms with Gasteiger partial charge in [0.25, 0.3) is 0 Å². The van der Waals surface area contributed by atoms with Gasteiger partial charge in [0.1, 0.15) is 11.4 Å². The third kappa shape index (κ3) is 2.69. The van der Waals surface area contributed by atoms with Crippen molar-refractivity contribution in [3.63, 3.8) is 0 Å². The molecule has 1 unspecified atom stereocenters. The van der Waals surface area contributed by atoms with Crippen LogP contribution in [0.5, 0.6) is 0 Å². The number of hydrogen-bond acceptors (Lipinski definition) is 8. The molecule has 0 amide bonds. The van der Waals surface area contributed by atoms with Crippen LogP contribution in [-0.4, -0.2) is 30.0 Å². The van der Waals surface area contributed by atoms with Crippen molar-refractivity contribution in [1.29, 1.82) is 0 Å². The fraction of sp³-hybridized carbons (Fsp3) is 0.364. The molecular formula is C22H21FN6O3. The zero-order chi connectivity index (χ0) is 22.1. The highest BCUT2D eigenvalue weighted by molar-refractivity contribution is 5.82. The molecule has 0 bridgehead atoms. The number of halogens is 1. The second kappa shape index (κ2) is 6.57. The fourth-order valence-electron chi connectivity index (χ4n) is 5.25. The number of imidazole rings is 1. The van der Waals surface area contributed by atoms with Gasteiger partial charge in [0.2, 0.25) is 0 Å². The quantitative estimate of drug-likeness (QED) is 0.490. The molecule has 6 rings (SSSR count). The van der Waals surface area contributed by atoms with Crippen molar-refractivity contribution in [2.24, 2.45) is 0 Å². The van der Waals surface area contributed by atoms with Gasteiger partial charge in [-0.05, 0) is 61.1 Å². The van der Waals surface area contributed by atoms with Gasteiger partial charge in [0.05, 0.1) is 16.7 Å². The summed E-state index contributed by atoms with van der Waals surface area (Å²) in [4.78, 5) is 9.15. The molecule has 10 heteroatoms. The van der Waals surface area contributed by atoms with Gasteiger partial charge in [-0.15, -0.1) is 0 Å². The maximum absolute atomic E-state index is 13.9. The lowest BCUT2D eigenvalue weighted by atomic mass is 9.79. The highest BCUT2D eigenvalue weighted by Gasteiger charge is 2.53. The molecule has 1 spiro atoms. The molecule has 4 aromatic rings. The normalized spacial score (nSPS) is 27.3. The maximum Gasteiger partial charge on any atom is 0.199 e. The van der Waals surface area contributed by atoms with Crippen LogP contribution in [0.4, 0.5) is 10.2 Å². The van der Waals surface area contributed by atoms with Crippen molar-refractivity contribution < 1.29 is 18.9 Å². The van der Waals surface area contributed by atoms with Crippen LogP contribution in [0.1, 0.15) is 49.9 Å². The predicted octanol–water partition coefficient (Wildman–Crippen LogP) is 3.41. The Labute approximate surface area is 182 Å². The molecule has 4 heterocycles. The van der Waals surface area contributed by atoms with E-state index < -0.39 is 11.4 Å². The number of anilines is 1. The van der Waals surface area contributed by atoms with Gasteiger partial charge < -0.3 is 20.1 Å². The molecule has 1 fully saturated rings. The zero-order valence-corrected chi connectivity index (χ0v) is 17.3. The Bertz CT molecular complexity index is 1340. The number of nitrogen functional groups attached to an aromatic ring is 1. The van der Waals surface area contributed by atoms with E-state index in [0.717, 1.165) is 24.1 Å². The maximum atomic E-state index is 13.9. The summed E-state index contributed by atoms with van der Waals surface area (Å²) in [5.74, 6) is -1.13. The molecule has 164 valence electrons. The molecule has 9 nitrogen and oxygen atoms in total. The van der Waals surface area contributed by atoms with Crippen LogP contribution in [-0.2, 0) is 16.1 Å². The second-order valence-electron chi connectivity index (χ2n) is 8.65. The average Bonchev–Trinajstić information content (AvgIpc) is 3.42. The van der Waals surface area contributed by atoms with Crippen molar-refractivity contribution in [3.05, 3.63) is 53.6 Å². The third-order valence-electron chi connectivity index (χ3n) is 6.64. The average molecular weight is 436 g/mol. The predicted molar refractivity (Wildman–Crippen MR) is 111 cm³/mol. The van der Waals surface area contributed by atoms with Gasteiger partial charge >= 0.3 is 0 Å². The molecule has 32 heavy (non-hydrogen) atoms. The van der Waals surface area contributed by atoms with Crippen molar-refractivity contribution in [3.8, 4) is 11.5 Å². The van der Waals surface area contributed by atoms with Crippen LogP contribution in [0.25, 0.3) is 22.6 Å². The van der Waals surface area contributed by atoms with Gasteiger partial charge in [-0.1, -0.05) is 6.07 Å². The monoisotopic (exact) mass is 436 g/mol. The minimum absolute atomic E-state index is 0.0310. The molecule has 3 N–H and O–H groups in total. The van der Waals surface area contributed by atoms with E-state index in [9.17, 15) is 9.50 Å². The third-order valence-corrected chi connectivity index (χ3v) is 6.64. The van der Waals surface area contributed by atoms with E-state index in [1.165, 1.54) is 12.1 Å². The summed E-state index contributed by atoms with van der Waals surface area (Å²) in [5, 5.41) is 18.4. The lowest BCUT2D eigenvalue weighted by molar-refractivity contribution is -0.257. The molecule has 2 aliphatic rings. The highest BCUT2D eigenvalue weighted by Crippen LogP contribution is 2.54. The SMILES string of the molecule is CC1(O)OC2(CCC(n3c(-c4nonc4N)nc4cc(F)ccc43)CC2)c2ncccc21. The van der Waals surface area contributed by atoms with E-state index in [2.05, 4.69) is 20.3 Å². The van der Waals surface area contributed by atoms with Crippen LogP contribution in [0, 0.1) is 5.82 Å². The number of fused-ring (bicyclic) bond motifs is 3. The Hall–Kier alpha value is -3.37.